The first kappa shape index (κ1) is 14.8. The molecule has 5 nitrogen and oxygen atoms in total. The number of aryl methyl sites for hydroxylation is 1. The molecule has 0 bridgehead atoms. The third-order valence-corrected chi connectivity index (χ3v) is 4.42. The molecule has 0 saturated carbocycles. The van der Waals surface area contributed by atoms with E-state index in [1.165, 1.54) is 5.56 Å². The average Bonchev–Trinajstić information content (AvgIpc) is 2.80. The van der Waals surface area contributed by atoms with Gasteiger partial charge in [-0.2, -0.15) is 0 Å². The van der Waals surface area contributed by atoms with Crippen LogP contribution >= 0.6 is 0 Å². The number of hydrogen-bond acceptors (Lipinski definition) is 4. The van der Waals surface area contributed by atoms with Crippen LogP contribution in [-0.2, 0) is 11.2 Å². The van der Waals surface area contributed by atoms with Crippen molar-refractivity contribution in [1.29, 1.82) is 0 Å². The predicted octanol–water partition coefficient (Wildman–Crippen LogP) is 2.72. The molecule has 1 amide bonds. The zero-order valence-electron chi connectivity index (χ0n) is 12.9. The number of amides is 1. The van der Waals surface area contributed by atoms with Crippen LogP contribution in [0, 0.1) is 6.92 Å². The molecule has 2 heterocycles. The van der Waals surface area contributed by atoms with Gasteiger partial charge in [-0.25, -0.2) is 4.63 Å². The minimum atomic E-state index is 0.118. The summed E-state index contributed by atoms with van der Waals surface area (Å²) in [7, 11) is 0. The highest BCUT2D eigenvalue weighted by Crippen LogP contribution is 2.28. The topological polar surface area (TPSA) is 59.2 Å². The van der Waals surface area contributed by atoms with Crippen LogP contribution in [0.15, 0.2) is 35.0 Å². The number of benzene rings is 1. The highest BCUT2D eigenvalue weighted by Gasteiger charge is 2.23. The monoisotopic (exact) mass is 299 g/mol. The Bertz CT molecular complexity index is 624. The lowest BCUT2D eigenvalue weighted by molar-refractivity contribution is -0.130. The number of aromatic nitrogens is 2. The minimum absolute atomic E-state index is 0.118. The molecule has 1 aromatic carbocycles. The Morgan fingerprint density at radius 1 is 1.23 bits per heavy atom. The van der Waals surface area contributed by atoms with E-state index in [1.807, 2.05) is 17.9 Å². The molecule has 1 atom stereocenters. The normalized spacial score (nSPS) is 19.0. The summed E-state index contributed by atoms with van der Waals surface area (Å²) in [5.74, 6) is 0.668. The standard InChI is InChI=1S/C17H21N3O2/c1-13-16(19-22-18-13)12-17(21)20-10-5-8-15(9-11-20)14-6-3-2-4-7-14/h2-4,6-7,15H,5,8-12H2,1H3/t15-/m1/s1. The molecule has 0 unspecified atom stereocenters. The van der Waals surface area contributed by atoms with E-state index in [-0.39, 0.29) is 12.3 Å². The van der Waals surface area contributed by atoms with Crippen LogP contribution in [0.2, 0.25) is 0 Å². The highest BCUT2D eigenvalue weighted by atomic mass is 16.6. The summed E-state index contributed by atoms with van der Waals surface area (Å²) in [6.45, 7) is 3.45. The Morgan fingerprint density at radius 3 is 2.77 bits per heavy atom. The van der Waals surface area contributed by atoms with E-state index in [1.54, 1.807) is 0 Å². The van der Waals surface area contributed by atoms with Gasteiger partial charge in [0.1, 0.15) is 11.4 Å². The molecule has 1 aromatic heterocycles. The Kier molecular flexibility index (Phi) is 4.51. The Morgan fingerprint density at radius 2 is 2.05 bits per heavy atom. The molecule has 1 aliphatic rings. The third kappa shape index (κ3) is 3.35. The first-order valence-corrected chi connectivity index (χ1v) is 7.85. The van der Waals surface area contributed by atoms with E-state index in [0.29, 0.717) is 17.3 Å². The second-order valence-electron chi connectivity index (χ2n) is 5.89. The van der Waals surface area contributed by atoms with Crippen LogP contribution in [0.5, 0.6) is 0 Å². The van der Waals surface area contributed by atoms with Gasteiger partial charge in [-0.05, 0) is 37.7 Å². The Labute approximate surface area is 130 Å². The van der Waals surface area contributed by atoms with Gasteiger partial charge < -0.3 is 4.90 Å². The lowest BCUT2D eigenvalue weighted by Gasteiger charge is -2.20. The molecule has 0 spiro atoms. The van der Waals surface area contributed by atoms with Crippen molar-refractivity contribution in [2.45, 2.75) is 38.5 Å². The number of likely N-dealkylation sites (tertiary alicyclic amines) is 1. The van der Waals surface area contributed by atoms with Gasteiger partial charge in [-0.15, -0.1) is 0 Å². The van der Waals surface area contributed by atoms with E-state index in [9.17, 15) is 4.79 Å². The second-order valence-corrected chi connectivity index (χ2v) is 5.89. The number of rotatable bonds is 3. The number of carbonyl (C=O) groups excluding carboxylic acids is 1. The van der Waals surface area contributed by atoms with E-state index >= 15 is 0 Å². The summed E-state index contributed by atoms with van der Waals surface area (Å²) in [4.78, 5) is 14.4. The lowest BCUT2D eigenvalue weighted by atomic mass is 9.92. The van der Waals surface area contributed by atoms with Gasteiger partial charge >= 0.3 is 0 Å². The van der Waals surface area contributed by atoms with Crippen LogP contribution in [-0.4, -0.2) is 34.2 Å². The van der Waals surface area contributed by atoms with Crippen LogP contribution in [0.1, 0.15) is 42.1 Å². The molecule has 3 rings (SSSR count). The Balaban J connectivity index is 1.60. The maximum atomic E-state index is 12.4. The molecule has 0 aliphatic carbocycles. The first-order valence-electron chi connectivity index (χ1n) is 7.85. The van der Waals surface area contributed by atoms with Crippen LogP contribution in [0.3, 0.4) is 0 Å². The molecule has 116 valence electrons. The maximum absolute atomic E-state index is 12.4. The lowest BCUT2D eigenvalue weighted by Crippen LogP contribution is -2.33. The molecule has 2 aromatic rings. The van der Waals surface area contributed by atoms with Crippen LogP contribution in [0.25, 0.3) is 0 Å². The fourth-order valence-electron chi connectivity index (χ4n) is 3.07. The first-order chi connectivity index (χ1) is 10.7. The van der Waals surface area contributed by atoms with Crippen molar-refractivity contribution < 1.29 is 9.42 Å². The summed E-state index contributed by atoms with van der Waals surface area (Å²) in [5.41, 5.74) is 2.73. The van der Waals surface area contributed by atoms with Crippen molar-refractivity contribution in [3.05, 3.63) is 47.3 Å². The molecular weight excluding hydrogens is 278 g/mol. The molecule has 5 heteroatoms. The second kappa shape index (κ2) is 6.73. The van der Waals surface area contributed by atoms with Gasteiger partial charge in [0.25, 0.3) is 0 Å². The molecule has 0 N–H and O–H groups in total. The summed E-state index contributed by atoms with van der Waals surface area (Å²) in [5, 5.41) is 7.53. The van der Waals surface area contributed by atoms with Gasteiger partial charge in [-0.3, -0.25) is 4.79 Å². The molecule has 1 fully saturated rings. The largest absolute Gasteiger partial charge is 0.342 e. The quantitative estimate of drug-likeness (QED) is 0.874. The summed E-state index contributed by atoms with van der Waals surface area (Å²) < 4.78 is 4.66. The summed E-state index contributed by atoms with van der Waals surface area (Å²) in [6.07, 6.45) is 3.48. The highest BCUT2D eigenvalue weighted by molar-refractivity contribution is 5.78. The fourth-order valence-corrected chi connectivity index (χ4v) is 3.07. The van der Waals surface area contributed by atoms with Crippen molar-refractivity contribution in [1.82, 2.24) is 15.2 Å². The van der Waals surface area contributed by atoms with E-state index in [0.717, 1.165) is 32.4 Å². The minimum Gasteiger partial charge on any atom is -0.342 e. The van der Waals surface area contributed by atoms with Gasteiger partial charge in [0, 0.05) is 13.1 Å². The zero-order chi connectivity index (χ0) is 15.4. The van der Waals surface area contributed by atoms with Crippen molar-refractivity contribution in [3.63, 3.8) is 0 Å². The van der Waals surface area contributed by atoms with Crippen molar-refractivity contribution in [3.8, 4) is 0 Å². The molecular formula is C17H21N3O2. The van der Waals surface area contributed by atoms with Crippen LogP contribution in [0.4, 0.5) is 0 Å². The van der Waals surface area contributed by atoms with Gasteiger partial charge in [0.15, 0.2) is 0 Å². The molecule has 22 heavy (non-hydrogen) atoms. The number of carbonyl (C=O) groups is 1. The van der Waals surface area contributed by atoms with Gasteiger partial charge in [-0.1, -0.05) is 40.6 Å². The Hall–Kier alpha value is -2.17. The maximum Gasteiger partial charge on any atom is 0.228 e. The fraction of sp³-hybridized carbons (Fsp3) is 0.471. The van der Waals surface area contributed by atoms with Crippen molar-refractivity contribution in [2.75, 3.05) is 13.1 Å². The number of nitrogens with zero attached hydrogens (tertiary/aromatic N) is 3. The summed E-state index contributed by atoms with van der Waals surface area (Å²) >= 11 is 0. The smallest absolute Gasteiger partial charge is 0.228 e. The van der Waals surface area contributed by atoms with Crippen molar-refractivity contribution in [2.24, 2.45) is 0 Å². The average molecular weight is 299 g/mol. The molecule has 1 aliphatic heterocycles. The predicted molar refractivity (Wildman–Crippen MR) is 82.4 cm³/mol. The SMILES string of the molecule is Cc1nonc1CC(=O)N1CCC[C@@H](c2ccccc2)CC1. The van der Waals surface area contributed by atoms with E-state index < -0.39 is 0 Å². The van der Waals surface area contributed by atoms with Gasteiger partial charge in [0.05, 0.1) is 6.42 Å². The van der Waals surface area contributed by atoms with E-state index in [2.05, 4.69) is 39.2 Å². The van der Waals surface area contributed by atoms with Gasteiger partial charge in [0.2, 0.25) is 5.91 Å². The molecule has 1 saturated heterocycles. The zero-order valence-corrected chi connectivity index (χ0v) is 12.9. The van der Waals surface area contributed by atoms with E-state index in [4.69, 9.17) is 0 Å². The van der Waals surface area contributed by atoms with Crippen molar-refractivity contribution >= 4 is 5.91 Å². The summed E-state index contributed by atoms with van der Waals surface area (Å²) in [6, 6.07) is 10.6. The van der Waals surface area contributed by atoms with Crippen LogP contribution < -0.4 is 0 Å². The molecule has 0 radical (unpaired) electrons. The number of hydrogen-bond donors (Lipinski definition) is 0. The third-order valence-electron chi connectivity index (χ3n) is 4.42.